The zero-order chi connectivity index (χ0) is 13.0. The average molecular weight is 252 g/mol. The quantitative estimate of drug-likeness (QED) is 0.290. The van der Waals surface area contributed by atoms with Crippen LogP contribution >= 0.6 is 0 Å². The van der Waals surface area contributed by atoms with E-state index in [9.17, 15) is 15.3 Å². The predicted molar refractivity (Wildman–Crippen MR) is 56.7 cm³/mol. The summed E-state index contributed by atoms with van der Waals surface area (Å²) in [6.07, 6.45) is -6.98. The molecule has 1 aliphatic heterocycles. The van der Waals surface area contributed by atoms with Crippen LogP contribution < -0.4 is 11.5 Å². The number of rotatable bonds is 5. The molecule has 0 aromatic rings. The van der Waals surface area contributed by atoms with Crippen LogP contribution in [0.25, 0.3) is 0 Å². The maximum atomic E-state index is 9.64. The molecule has 8 nitrogen and oxygen atoms in total. The monoisotopic (exact) mass is 252 g/mol. The van der Waals surface area contributed by atoms with Crippen LogP contribution in [0, 0.1) is 0 Å². The summed E-state index contributed by atoms with van der Waals surface area (Å²) >= 11 is 0. The van der Waals surface area contributed by atoms with Crippen LogP contribution in [-0.2, 0) is 9.47 Å². The fraction of sp³-hybridized carbons (Fsp3) is 1.00. The van der Waals surface area contributed by atoms with Gasteiger partial charge in [0.1, 0.15) is 24.4 Å². The van der Waals surface area contributed by atoms with Crippen molar-refractivity contribution in [2.45, 2.75) is 36.8 Å². The molecule has 0 radical (unpaired) electrons. The molecule has 0 bridgehead atoms. The van der Waals surface area contributed by atoms with Crippen LogP contribution in [0.15, 0.2) is 0 Å². The number of hydrogen-bond donors (Lipinski definition) is 6. The Bertz CT molecular complexity index is 224. The Morgan fingerprint density at radius 2 is 1.65 bits per heavy atom. The van der Waals surface area contributed by atoms with E-state index < -0.39 is 43.4 Å². The molecule has 1 rings (SSSR count). The topological polar surface area (TPSA) is 151 Å². The lowest BCUT2D eigenvalue weighted by Gasteiger charge is -2.40. The van der Waals surface area contributed by atoms with Crippen molar-refractivity contribution in [1.82, 2.24) is 0 Å². The van der Waals surface area contributed by atoms with Crippen molar-refractivity contribution in [1.29, 1.82) is 0 Å². The number of aliphatic hydroxyl groups excluding tert-OH is 4. The molecule has 0 amide bonds. The number of hydrogen-bond acceptors (Lipinski definition) is 8. The van der Waals surface area contributed by atoms with Gasteiger partial charge in [-0.25, -0.2) is 0 Å². The maximum Gasteiger partial charge on any atom is 0.187 e. The number of nitrogens with two attached hydrogens (primary N) is 2. The summed E-state index contributed by atoms with van der Waals surface area (Å²) < 4.78 is 10.4. The van der Waals surface area contributed by atoms with Gasteiger partial charge in [0.15, 0.2) is 6.29 Å². The first-order valence-corrected chi connectivity index (χ1v) is 5.41. The van der Waals surface area contributed by atoms with Gasteiger partial charge in [-0.3, -0.25) is 0 Å². The molecule has 0 unspecified atom stereocenters. The van der Waals surface area contributed by atoms with Gasteiger partial charge in [-0.15, -0.1) is 0 Å². The molecule has 0 aromatic carbocycles. The van der Waals surface area contributed by atoms with E-state index in [-0.39, 0.29) is 13.1 Å². The first-order chi connectivity index (χ1) is 8.04. The lowest BCUT2D eigenvalue weighted by atomic mass is 9.99. The summed E-state index contributed by atoms with van der Waals surface area (Å²) in [6, 6.07) is 0. The maximum absolute atomic E-state index is 9.64. The highest BCUT2D eigenvalue weighted by atomic mass is 16.7. The van der Waals surface area contributed by atoms with Crippen LogP contribution in [0.2, 0.25) is 0 Å². The highest BCUT2D eigenvalue weighted by Gasteiger charge is 2.44. The van der Waals surface area contributed by atoms with E-state index >= 15 is 0 Å². The van der Waals surface area contributed by atoms with E-state index in [0.717, 1.165) is 0 Å². The van der Waals surface area contributed by atoms with Crippen molar-refractivity contribution in [2.75, 3.05) is 19.7 Å². The lowest BCUT2D eigenvalue weighted by Crippen LogP contribution is -2.60. The summed E-state index contributed by atoms with van der Waals surface area (Å²) in [5, 5.41) is 37.6. The van der Waals surface area contributed by atoms with E-state index in [0.29, 0.717) is 0 Å². The highest BCUT2D eigenvalue weighted by Crippen LogP contribution is 2.22. The fourth-order valence-corrected chi connectivity index (χ4v) is 1.58. The summed E-state index contributed by atoms with van der Waals surface area (Å²) in [4.78, 5) is 0. The summed E-state index contributed by atoms with van der Waals surface area (Å²) in [5.74, 6) is 0. The van der Waals surface area contributed by atoms with Crippen LogP contribution in [0.5, 0.6) is 0 Å². The Hall–Kier alpha value is -0.320. The molecule has 1 saturated heterocycles. The van der Waals surface area contributed by atoms with Crippen molar-refractivity contribution in [3.8, 4) is 0 Å². The molecular formula is C9H20N2O6. The summed E-state index contributed by atoms with van der Waals surface area (Å²) in [7, 11) is 0. The normalized spacial score (nSPS) is 38.6. The van der Waals surface area contributed by atoms with Gasteiger partial charge in [-0.2, -0.15) is 0 Å². The van der Waals surface area contributed by atoms with Crippen molar-refractivity contribution >= 4 is 0 Å². The molecule has 0 saturated carbocycles. The van der Waals surface area contributed by atoms with Gasteiger partial charge >= 0.3 is 0 Å². The van der Waals surface area contributed by atoms with Gasteiger partial charge in [-0.1, -0.05) is 0 Å². The molecule has 8 N–H and O–H groups in total. The molecule has 102 valence electrons. The van der Waals surface area contributed by atoms with Crippen molar-refractivity contribution in [3.63, 3.8) is 0 Å². The minimum absolute atomic E-state index is 0.130. The van der Waals surface area contributed by atoms with E-state index in [1.165, 1.54) is 0 Å². The van der Waals surface area contributed by atoms with Crippen LogP contribution in [0.3, 0.4) is 0 Å². The first kappa shape index (κ1) is 14.7. The van der Waals surface area contributed by atoms with Crippen molar-refractivity contribution < 1.29 is 29.9 Å². The smallest absolute Gasteiger partial charge is 0.187 e. The first-order valence-electron chi connectivity index (χ1n) is 5.41. The molecule has 8 heteroatoms. The Labute approximate surface area is 98.7 Å². The second-order valence-electron chi connectivity index (χ2n) is 3.93. The molecular weight excluding hydrogens is 232 g/mol. The largest absolute Gasteiger partial charge is 0.394 e. The van der Waals surface area contributed by atoms with Gasteiger partial charge in [0, 0.05) is 13.1 Å². The minimum atomic E-state index is -1.46. The number of aliphatic hydroxyl groups is 4. The second kappa shape index (κ2) is 6.57. The average Bonchev–Trinajstić information content (AvgIpc) is 2.35. The predicted octanol–water partition coefficient (Wildman–Crippen LogP) is -3.91. The van der Waals surface area contributed by atoms with Gasteiger partial charge in [-0.05, 0) is 0 Å². The molecule has 5 atom stereocenters. The molecule has 0 aliphatic carbocycles. The second-order valence-corrected chi connectivity index (χ2v) is 3.93. The van der Waals surface area contributed by atoms with Crippen molar-refractivity contribution in [3.05, 3.63) is 0 Å². The van der Waals surface area contributed by atoms with E-state index in [4.69, 9.17) is 26.0 Å². The SMILES string of the molecule is NCC(CN)O[C@@H]1O[C@H](CO)[C@H](O)[C@H](O)[C@H]1O. The van der Waals surface area contributed by atoms with Gasteiger partial charge in [0.25, 0.3) is 0 Å². The standard InChI is InChI=1S/C9H20N2O6/c10-1-4(2-11)16-9-8(15)7(14)6(13)5(3-12)17-9/h4-9,12-15H,1-3,10-11H2/t5-,6+,7+,8-,9-/m1/s1. The highest BCUT2D eigenvalue weighted by molar-refractivity contribution is 4.89. The third-order valence-corrected chi connectivity index (χ3v) is 2.70. The summed E-state index contributed by atoms with van der Waals surface area (Å²) in [6.45, 7) is -0.238. The van der Waals surface area contributed by atoms with E-state index in [2.05, 4.69) is 0 Å². The molecule has 1 aliphatic rings. The Morgan fingerprint density at radius 1 is 1.06 bits per heavy atom. The molecule has 0 aromatic heterocycles. The Balaban J connectivity index is 2.65. The van der Waals surface area contributed by atoms with Gasteiger partial charge < -0.3 is 41.4 Å². The zero-order valence-electron chi connectivity index (χ0n) is 9.35. The third-order valence-electron chi connectivity index (χ3n) is 2.70. The van der Waals surface area contributed by atoms with Gasteiger partial charge in [0.2, 0.25) is 0 Å². The van der Waals surface area contributed by atoms with Crippen LogP contribution in [0.1, 0.15) is 0 Å². The van der Waals surface area contributed by atoms with E-state index in [1.54, 1.807) is 0 Å². The minimum Gasteiger partial charge on any atom is -0.394 e. The number of ether oxygens (including phenoxy) is 2. The fourth-order valence-electron chi connectivity index (χ4n) is 1.58. The summed E-state index contributed by atoms with van der Waals surface area (Å²) in [5.41, 5.74) is 10.7. The van der Waals surface area contributed by atoms with Crippen molar-refractivity contribution in [2.24, 2.45) is 11.5 Å². The Morgan fingerprint density at radius 3 is 2.12 bits per heavy atom. The zero-order valence-corrected chi connectivity index (χ0v) is 9.35. The third kappa shape index (κ3) is 3.33. The molecule has 17 heavy (non-hydrogen) atoms. The lowest BCUT2D eigenvalue weighted by molar-refractivity contribution is -0.309. The molecule has 0 spiro atoms. The Kier molecular flexibility index (Phi) is 5.70. The molecule has 1 heterocycles. The van der Waals surface area contributed by atoms with E-state index in [1.807, 2.05) is 0 Å². The van der Waals surface area contributed by atoms with Crippen LogP contribution in [0.4, 0.5) is 0 Å². The molecule has 1 fully saturated rings. The van der Waals surface area contributed by atoms with Crippen LogP contribution in [-0.4, -0.2) is 76.9 Å². The van der Waals surface area contributed by atoms with Gasteiger partial charge in [0.05, 0.1) is 12.7 Å².